The van der Waals surface area contributed by atoms with Crippen LogP contribution in [0.15, 0.2) is 0 Å². The van der Waals surface area contributed by atoms with E-state index in [0.29, 0.717) is 6.42 Å². The average molecular weight is 318 g/mol. The molecule has 0 N–H and O–H groups in total. The molecule has 0 aromatic heterocycles. The van der Waals surface area contributed by atoms with E-state index < -0.39 is 29.2 Å². The van der Waals surface area contributed by atoms with Crippen LogP contribution >= 0.6 is 0 Å². The molecule has 6 heteroatoms. The number of hydrogen-bond acceptors (Lipinski definition) is 6. The average Bonchev–Trinajstić information content (AvgIpc) is 2.49. The van der Waals surface area contributed by atoms with Crippen LogP contribution < -0.4 is 0 Å². The van der Waals surface area contributed by atoms with E-state index in [-0.39, 0.29) is 12.6 Å². The second kappa shape index (κ2) is 6.83. The lowest BCUT2D eigenvalue weighted by Crippen LogP contribution is -2.64. The highest BCUT2D eigenvalue weighted by atomic mass is 16.8. The zero-order valence-electron chi connectivity index (χ0n) is 15.0. The number of carbonyl (C=O) groups is 1. The maximum atomic E-state index is 12.2. The van der Waals surface area contributed by atoms with Crippen molar-refractivity contribution in [3.63, 3.8) is 0 Å². The van der Waals surface area contributed by atoms with Crippen LogP contribution in [0.3, 0.4) is 0 Å². The van der Waals surface area contributed by atoms with Gasteiger partial charge < -0.3 is 23.7 Å². The first-order valence-corrected chi connectivity index (χ1v) is 7.68. The molecule has 1 aliphatic heterocycles. The zero-order chi connectivity index (χ0) is 17.2. The van der Waals surface area contributed by atoms with Gasteiger partial charge in [-0.15, -0.1) is 0 Å². The molecule has 1 heterocycles. The summed E-state index contributed by atoms with van der Waals surface area (Å²) in [6.45, 7) is 11.2. The molecule has 22 heavy (non-hydrogen) atoms. The summed E-state index contributed by atoms with van der Waals surface area (Å²) in [6.07, 6.45) is -0.169. The minimum Gasteiger partial charge on any atom is -0.459 e. The Morgan fingerprint density at radius 3 is 2.27 bits per heavy atom. The smallest absolute Gasteiger partial charge is 0.311 e. The van der Waals surface area contributed by atoms with Crippen molar-refractivity contribution < 1.29 is 28.5 Å². The van der Waals surface area contributed by atoms with Gasteiger partial charge in [0.15, 0.2) is 0 Å². The van der Waals surface area contributed by atoms with E-state index in [9.17, 15) is 4.79 Å². The fourth-order valence-corrected chi connectivity index (χ4v) is 2.06. The van der Waals surface area contributed by atoms with Crippen molar-refractivity contribution in [2.24, 2.45) is 5.41 Å². The minimum atomic E-state index is -1.09. The van der Waals surface area contributed by atoms with Gasteiger partial charge in [-0.05, 0) is 41.0 Å². The molecule has 1 fully saturated rings. The summed E-state index contributed by atoms with van der Waals surface area (Å²) in [6, 6.07) is 0. The third-order valence-corrected chi connectivity index (χ3v) is 4.76. The maximum absolute atomic E-state index is 12.2. The lowest BCUT2D eigenvalue weighted by Gasteiger charge is -2.49. The lowest BCUT2D eigenvalue weighted by atomic mass is 9.90. The number of ether oxygens (including phenoxy) is 5. The molecule has 4 atom stereocenters. The molecular weight excluding hydrogens is 288 g/mol. The molecule has 0 radical (unpaired) electrons. The Bertz CT molecular complexity index is 396. The van der Waals surface area contributed by atoms with Gasteiger partial charge in [0, 0.05) is 14.2 Å². The van der Waals surface area contributed by atoms with Gasteiger partial charge in [0.1, 0.15) is 12.2 Å². The first-order chi connectivity index (χ1) is 10.0. The van der Waals surface area contributed by atoms with Crippen LogP contribution in [0.5, 0.6) is 0 Å². The van der Waals surface area contributed by atoms with E-state index in [0.717, 1.165) is 0 Å². The second-order valence-electron chi connectivity index (χ2n) is 6.61. The molecule has 0 aromatic rings. The van der Waals surface area contributed by atoms with Gasteiger partial charge in [-0.3, -0.25) is 4.79 Å². The highest BCUT2D eigenvalue weighted by Crippen LogP contribution is 2.37. The standard InChI is InChI=1S/C16H30O6/c1-9-14(3,4)13(17)21-11(2)12-10-20-15(5,18-7)16(6,19-8)22-12/h11-12H,9-10H2,1-8H3. The molecular formula is C16H30O6. The summed E-state index contributed by atoms with van der Waals surface area (Å²) < 4.78 is 28.2. The molecule has 1 saturated heterocycles. The van der Waals surface area contributed by atoms with Gasteiger partial charge in [0.25, 0.3) is 0 Å². The number of rotatable bonds is 6. The highest BCUT2D eigenvalue weighted by Gasteiger charge is 2.54. The first kappa shape index (κ1) is 19.4. The van der Waals surface area contributed by atoms with Crippen molar-refractivity contribution in [3.05, 3.63) is 0 Å². The van der Waals surface area contributed by atoms with Crippen LogP contribution in [0.1, 0.15) is 48.0 Å². The molecule has 1 aliphatic rings. The van der Waals surface area contributed by atoms with Gasteiger partial charge in [-0.2, -0.15) is 0 Å². The third kappa shape index (κ3) is 3.62. The molecule has 4 unspecified atom stereocenters. The van der Waals surface area contributed by atoms with Crippen LogP contribution in [-0.4, -0.2) is 50.6 Å². The van der Waals surface area contributed by atoms with Gasteiger partial charge in [-0.25, -0.2) is 0 Å². The molecule has 1 rings (SSSR count). The summed E-state index contributed by atoms with van der Waals surface area (Å²) >= 11 is 0. The van der Waals surface area contributed by atoms with E-state index in [2.05, 4.69) is 0 Å². The summed E-state index contributed by atoms with van der Waals surface area (Å²) in [5.41, 5.74) is -0.518. The third-order valence-electron chi connectivity index (χ3n) is 4.76. The van der Waals surface area contributed by atoms with E-state index in [1.165, 1.54) is 14.2 Å². The molecule has 0 amide bonds. The molecule has 0 spiro atoms. The van der Waals surface area contributed by atoms with Crippen molar-refractivity contribution in [1.29, 1.82) is 0 Å². The van der Waals surface area contributed by atoms with Crippen molar-refractivity contribution in [2.75, 3.05) is 20.8 Å². The van der Waals surface area contributed by atoms with Crippen molar-refractivity contribution in [3.8, 4) is 0 Å². The SMILES string of the molecule is CCC(C)(C)C(=O)OC(C)C1COC(C)(OC)C(C)(OC)O1. The fourth-order valence-electron chi connectivity index (χ4n) is 2.06. The highest BCUT2D eigenvalue weighted by molar-refractivity contribution is 5.76. The number of carbonyl (C=O) groups excluding carboxylic acids is 1. The van der Waals surface area contributed by atoms with Gasteiger partial charge >= 0.3 is 5.97 Å². The van der Waals surface area contributed by atoms with E-state index in [4.69, 9.17) is 23.7 Å². The van der Waals surface area contributed by atoms with Crippen LogP contribution in [0.2, 0.25) is 0 Å². The normalized spacial score (nSPS) is 34.3. The van der Waals surface area contributed by atoms with Crippen molar-refractivity contribution in [2.45, 2.75) is 71.7 Å². The van der Waals surface area contributed by atoms with E-state index in [1.54, 1.807) is 20.8 Å². The number of esters is 1. The minimum absolute atomic E-state index is 0.245. The largest absolute Gasteiger partial charge is 0.459 e. The Hall–Kier alpha value is -0.690. The Morgan fingerprint density at radius 2 is 1.82 bits per heavy atom. The summed E-state index contributed by atoms with van der Waals surface area (Å²) in [7, 11) is 3.06. The lowest BCUT2D eigenvalue weighted by molar-refractivity contribution is -0.436. The molecule has 0 bridgehead atoms. The van der Waals surface area contributed by atoms with Crippen molar-refractivity contribution in [1.82, 2.24) is 0 Å². The predicted molar refractivity (Wildman–Crippen MR) is 81.3 cm³/mol. The monoisotopic (exact) mass is 318 g/mol. The fraction of sp³-hybridized carbons (Fsp3) is 0.938. The van der Waals surface area contributed by atoms with Crippen LogP contribution in [0.25, 0.3) is 0 Å². The Morgan fingerprint density at radius 1 is 1.27 bits per heavy atom. The predicted octanol–water partition coefficient (Wildman–Crippen LogP) is 2.49. The van der Waals surface area contributed by atoms with Crippen molar-refractivity contribution >= 4 is 5.97 Å². The number of methoxy groups -OCH3 is 2. The zero-order valence-corrected chi connectivity index (χ0v) is 15.0. The quantitative estimate of drug-likeness (QED) is 0.701. The Balaban J connectivity index is 2.77. The first-order valence-electron chi connectivity index (χ1n) is 7.68. The van der Waals surface area contributed by atoms with Crippen LogP contribution in [0.4, 0.5) is 0 Å². The second-order valence-corrected chi connectivity index (χ2v) is 6.61. The number of hydrogen-bond donors (Lipinski definition) is 0. The molecule has 0 saturated carbocycles. The van der Waals surface area contributed by atoms with Crippen LogP contribution in [-0.2, 0) is 28.5 Å². The molecule has 6 nitrogen and oxygen atoms in total. The van der Waals surface area contributed by atoms with E-state index >= 15 is 0 Å². The van der Waals surface area contributed by atoms with Gasteiger partial charge in [0.2, 0.25) is 11.6 Å². The van der Waals surface area contributed by atoms with Gasteiger partial charge in [-0.1, -0.05) is 6.92 Å². The topological polar surface area (TPSA) is 63.2 Å². The maximum Gasteiger partial charge on any atom is 0.311 e. The molecule has 130 valence electrons. The summed E-state index contributed by atoms with van der Waals surface area (Å²) in [5.74, 6) is -2.36. The Labute approximate surface area is 133 Å². The summed E-state index contributed by atoms with van der Waals surface area (Å²) in [4.78, 5) is 12.2. The van der Waals surface area contributed by atoms with Gasteiger partial charge in [0.05, 0.1) is 12.0 Å². The Kier molecular flexibility index (Phi) is 6.01. The molecule has 0 aromatic carbocycles. The molecule has 0 aliphatic carbocycles. The summed E-state index contributed by atoms with van der Waals surface area (Å²) in [5, 5.41) is 0. The van der Waals surface area contributed by atoms with E-state index in [1.807, 2.05) is 20.8 Å². The van der Waals surface area contributed by atoms with Crippen LogP contribution in [0, 0.1) is 5.41 Å².